The van der Waals surface area contributed by atoms with E-state index in [1.807, 2.05) is 6.07 Å². The Labute approximate surface area is 192 Å². The first kappa shape index (κ1) is 21.9. The molecule has 5 N–H and O–H groups in total. The third-order valence-corrected chi connectivity index (χ3v) is 6.02. The van der Waals surface area contributed by atoms with E-state index < -0.39 is 33.1 Å². The summed E-state index contributed by atoms with van der Waals surface area (Å²) in [5.74, 6) is -1.70. The molecular formula is C21H15ClN6O4S. The first-order valence-corrected chi connectivity index (χ1v) is 11.2. The number of anilines is 2. The van der Waals surface area contributed by atoms with Gasteiger partial charge >= 0.3 is 10.2 Å². The molecule has 12 heteroatoms. The molecule has 0 aliphatic carbocycles. The van der Waals surface area contributed by atoms with Crippen molar-refractivity contribution in [2.45, 2.75) is 0 Å². The number of rotatable bonds is 5. The maximum Gasteiger partial charge on any atom is 0.323 e. The Balaban J connectivity index is 1.81. The van der Waals surface area contributed by atoms with Gasteiger partial charge in [0, 0.05) is 5.56 Å². The first-order chi connectivity index (χ1) is 15.7. The van der Waals surface area contributed by atoms with Crippen LogP contribution in [-0.2, 0) is 10.2 Å². The molecule has 33 heavy (non-hydrogen) atoms. The number of aromatic nitrogens is 2. The predicted octanol–water partition coefficient (Wildman–Crippen LogP) is 2.49. The number of nitrogen functional groups attached to an aromatic ring is 1. The van der Waals surface area contributed by atoms with Gasteiger partial charge in [-0.05, 0) is 17.7 Å². The number of fused-ring (bicyclic) bond motifs is 1. The zero-order valence-electron chi connectivity index (χ0n) is 16.7. The lowest BCUT2D eigenvalue weighted by molar-refractivity contribution is 0.0980. The van der Waals surface area contributed by atoms with E-state index in [0.29, 0.717) is 5.56 Å². The molecule has 0 saturated carbocycles. The lowest BCUT2D eigenvalue weighted by Gasteiger charge is -2.10. The Morgan fingerprint density at radius 3 is 2.30 bits per heavy atom. The van der Waals surface area contributed by atoms with Crippen molar-refractivity contribution in [1.82, 2.24) is 14.1 Å². The number of para-hydroxylation sites is 1. The zero-order chi connectivity index (χ0) is 23.8. The third kappa shape index (κ3) is 4.00. The summed E-state index contributed by atoms with van der Waals surface area (Å²) in [5, 5.41) is 9.56. The summed E-state index contributed by atoms with van der Waals surface area (Å²) in [6.07, 6.45) is 0. The molecule has 2 aromatic heterocycles. The molecule has 0 unspecified atom stereocenters. The average molecular weight is 483 g/mol. The topological polar surface area (TPSA) is 162 Å². The molecular weight excluding hydrogens is 468 g/mol. The Kier molecular flexibility index (Phi) is 5.55. The highest BCUT2D eigenvalue weighted by molar-refractivity contribution is 7.91. The molecule has 0 aliphatic heterocycles. The van der Waals surface area contributed by atoms with Crippen LogP contribution in [0.4, 0.5) is 11.5 Å². The molecule has 4 rings (SSSR count). The van der Waals surface area contributed by atoms with Crippen molar-refractivity contribution in [3.05, 3.63) is 87.3 Å². The van der Waals surface area contributed by atoms with Gasteiger partial charge < -0.3 is 10.7 Å². The van der Waals surface area contributed by atoms with Gasteiger partial charge in [0.1, 0.15) is 33.8 Å². The van der Waals surface area contributed by atoms with Crippen molar-refractivity contribution >= 4 is 44.9 Å². The second-order valence-corrected chi connectivity index (χ2v) is 8.60. The minimum absolute atomic E-state index is 0.0225. The molecule has 0 aliphatic rings. The Morgan fingerprint density at radius 2 is 1.70 bits per heavy atom. The highest BCUT2D eigenvalue weighted by Crippen LogP contribution is 2.35. The monoisotopic (exact) mass is 482 g/mol. The smallest absolute Gasteiger partial charge is 0.323 e. The first-order valence-electron chi connectivity index (χ1n) is 9.34. The van der Waals surface area contributed by atoms with Gasteiger partial charge in [-0.25, -0.2) is 9.12 Å². The van der Waals surface area contributed by atoms with Crippen molar-refractivity contribution in [1.29, 1.82) is 5.26 Å². The van der Waals surface area contributed by atoms with E-state index in [1.165, 1.54) is 12.1 Å². The third-order valence-electron chi connectivity index (χ3n) is 4.71. The number of nitriles is 1. The van der Waals surface area contributed by atoms with E-state index in [4.69, 9.17) is 17.3 Å². The van der Waals surface area contributed by atoms with Crippen molar-refractivity contribution in [3.8, 4) is 17.2 Å². The summed E-state index contributed by atoms with van der Waals surface area (Å²) < 4.78 is 29.5. The number of aromatic amines is 1. The SMILES string of the molecule is N#Cc1c(-c2ccccc2)c(Cl)n2c(=O)c(C(=O)NS(=O)(=O)Nc3ccccc3)c(N)[nH]c12. The van der Waals surface area contributed by atoms with Gasteiger partial charge in [-0.15, -0.1) is 0 Å². The van der Waals surface area contributed by atoms with Crippen LogP contribution in [0.15, 0.2) is 65.5 Å². The van der Waals surface area contributed by atoms with Gasteiger partial charge in [-0.2, -0.15) is 13.7 Å². The summed E-state index contributed by atoms with van der Waals surface area (Å²) in [5.41, 5.74) is 5.27. The average Bonchev–Trinajstić information content (AvgIpc) is 3.05. The maximum atomic E-state index is 13.2. The molecule has 0 atom stereocenters. The van der Waals surface area contributed by atoms with Crippen LogP contribution in [-0.4, -0.2) is 23.7 Å². The minimum atomic E-state index is -4.38. The standard InChI is InChI=1S/C21H15ClN6O4S/c22-17-15(12-7-3-1-4-8-12)14(11-23)19-25-18(24)16(21(30)28(17)19)20(29)27-33(31,32)26-13-9-5-2-6-10-13/h1-10,25-26H,24H2,(H,27,29). The lowest BCUT2D eigenvalue weighted by atomic mass is 10.1. The zero-order valence-corrected chi connectivity index (χ0v) is 18.2. The van der Waals surface area contributed by atoms with Crippen molar-refractivity contribution in [3.63, 3.8) is 0 Å². The fourth-order valence-electron chi connectivity index (χ4n) is 3.33. The lowest BCUT2D eigenvalue weighted by Crippen LogP contribution is -2.39. The largest absolute Gasteiger partial charge is 0.384 e. The van der Waals surface area contributed by atoms with Crippen LogP contribution in [0.2, 0.25) is 5.15 Å². The van der Waals surface area contributed by atoms with E-state index in [9.17, 15) is 23.3 Å². The molecule has 2 aromatic carbocycles. The fraction of sp³-hybridized carbons (Fsp3) is 0. The molecule has 0 fully saturated rings. The number of halogens is 1. The van der Waals surface area contributed by atoms with Crippen LogP contribution < -0.4 is 20.7 Å². The number of amides is 1. The Hall–Kier alpha value is -4.27. The molecule has 4 aromatic rings. The van der Waals surface area contributed by atoms with Gasteiger partial charge in [0.2, 0.25) is 0 Å². The van der Waals surface area contributed by atoms with Crippen molar-refractivity contribution in [2.24, 2.45) is 0 Å². The number of hydrogen-bond acceptors (Lipinski definition) is 6. The van der Waals surface area contributed by atoms with E-state index >= 15 is 0 Å². The van der Waals surface area contributed by atoms with E-state index in [-0.39, 0.29) is 27.6 Å². The number of carbonyl (C=O) groups is 1. The van der Waals surface area contributed by atoms with E-state index in [1.54, 1.807) is 53.3 Å². The number of nitrogens with two attached hydrogens (primary N) is 1. The van der Waals surface area contributed by atoms with Gasteiger partial charge in [-0.3, -0.25) is 14.3 Å². The van der Waals surface area contributed by atoms with Gasteiger partial charge in [-0.1, -0.05) is 60.1 Å². The van der Waals surface area contributed by atoms with E-state index in [0.717, 1.165) is 4.40 Å². The molecule has 0 radical (unpaired) electrons. The van der Waals surface area contributed by atoms with Crippen LogP contribution in [0.3, 0.4) is 0 Å². The van der Waals surface area contributed by atoms with Crippen LogP contribution in [0.5, 0.6) is 0 Å². The molecule has 0 saturated heterocycles. The van der Waals surface area contributed by atoms with Crippen LogP contribution >= 0.6 is 11.6 Å². The minimum Gasteiger partial charge on any atom is -0.384 e. The number of carbonyl (C=O) groups excluding carboxylic acids is 1. The molecule has 2 heterocycles. The second-order valence-electron chi connectivity index (χ2n) is 6.82. The number of nitrogens with zero attached hydrogens (tertiary/aromatic N) is 2. The fourth-order valence-corrected chi connectivity index (χ4v) is 4.53. The number of nitrogens with one attached hydrogen (secondary N) is 3. The highest BCUT2D eigenvalue weighted by Gasteiger charge is 2.27. The summed E-state index contributed by atoms with van der Waals surface area (Å²) >= 11 is 6.44. The van der Waals surface area contributed by atoms with Gasteiger partial charge in [0.05, 0.1) is 5.69 Å². The summed E-state index contributed by atoms with van der Waals surface area (Å²) in [6, 6.07) is 18.5. The van der Waals surface area contributed by atoms with Gasteiger partial charge in [0.15, 0.2) is 0 Å². The number of H-pyrrole nitrogens is 1. The molecule has 1 amide bonds. The quantitative estimate of drug-likeness (QED) is 0.341. The number of hydrogen-bond donors (Lipinski definition) is 4. The van der Waals surface area contributed by atoms with Gasteiger partial charge in [0.25, 0.3) is 11.5 Å². The normalized spacial score (nSPS) is 11.2. The second kappa shape index (κ2) is 8.34. The van der Waals surface area contributed by atoms with Crippen LogP contribution in [0.1, 0.15) is 15.9 Å². The summed E-state index contributed by atoms with van der Waals surface area (Å²) in [6.45, 7) is 0. The molecule has 10 nitrogen and oxygen atoms in total. The Bertz CT molecular complexity index is 1590. The van der Waals surface area contributed by atoms with Crippen molar-refractivity contribution in [2.75, 3.05) is 10.5 Å². The van der Waals surface area contributed by atoms with E-state index in [2.05, 4.69) is 9.71 Å². The maximum absolute atomic E-state index is 13.2. The molecule has 0 bridgehead atoms. The highest BCUT2D eigenvalue weighted by atomic mass is 35.5. The predicted molar refractivity (Wildman–Crippen MR) is 124 cm³/mol. The summed E-state index contributed by atoms with van der Waals surface area (Å²) in [7, 11) is -4.38. The van der Waals surface area contributed by atoms with Crippen molar-refractivity contribution < 1.29 is 13.2 Å². The molecule has 0 spiro atoms. The summed E-state index contributed by atoms with van der Waals surface area (Å²) in [4.78, 5) is 28.5. The Morgan fingerprint density at radius 1 is 1.09 bits per heavy atom. The van der Waals surface area contributed by atoms with Crippen LogP contribution in [0.25, 0.3) is 16.8 Å². The number of benzene rings is 2. The van der Waals surface area contributed by atoms with Crippen LogP contribution in [0, 0.1) is 11.3 Å². The molecule has 166 valence electrons.